The molecule has 0 bridgehead atoms. The molecule has 37 heavy (non-hydrogen) atoms. The quantitative estimate of drug-likeness (QED) is 0.377. The van der Waals surface area contributed by atoms with Crippen molar-refractivity contribution in [3.05, 3.63) is 82.9 Å². The maximum absolute atomic E-state index is 12.8. The summed E-state index contributed by atoms with van der Waals surface area (Å²) in [5.41, 5.74) is 5.25. The lowest BCUT2D eigenvalue weighted by atomic mass is 10.1. The molecule has 0 unspecified atom stereocenters. The van der Waals surface area contributed by atoms with Gasteiger partial charge in [-0.2, -0.15) is 0 Å². The van der Waals surface area contributed by atoms with Crippen molar-refractivity contribution in [2.75, 3.05) is 27.1 Å². The summed E-state index contributed by atoms with van der Waals surface area (Å²) in [6.07, 6.45) is 1.57. The lowest BCUT2D eigenvalue weighted by Gasteiger charge is -2.23. The van der Waals surface area contributed by atoms with E-state index in [0.29, 0.717) is 23.5 Å². The molecule has 3 aromatic carbocycles. The average molecular weight is 544 g/mol. The number of carbonyl (C=O) groups excluding carboxylic acids is 1. The topological polar surface area (TPSA) is 113 Å². The fourth-order valence-electron chi connectivity index (χ4n) is 3.86. The van der Waals surface area contributed by atoms with Gasteiger partial charge in [-0.25, -0.2) is 16.8 Å². The zero-order chi connectivity index (χ0) is 27.4. The number of nitrogens with zero attached hydrogens (tertiary/aromatic N) is 1. The summed E-state index contributed by atoms with van der Waals surface area (Å²) in [6, 6.07) is 16.9. The molecule has 2 N–H and O–H groups in total. The van der Waals surface area contributed by atoms with E-state index in [1.807, 2.05) is 58.0 Å². The maximum Gasteiger partial charge on any atom is 0.261 e. The van der Waals surface area contributed by atoms with E-state index in [4.69, 9.17) is 0 Å². The predicted octanol–water partition coefficient (Wildman–Crippen LogP) is 4.91. The Balaban J connectivity index is 1.60. The van der Waals surface area contributed by atoms with Crippen molar-refractivity contribution in [2.24, 2.45) is 0 Å². The fourth-order valence-corrected chi connectivity index (χ4v) is 6.02. The molecule has 0 spiro atoms. The molecule has 198 valence electrons. The van der Waals surface area contributed by atoms with Crippen molar-refractivity contribution in [1.29, 1.82) is 0 Å². The van der Waals surface area contributed by atoms with Crippen molar-refractivity contribution in [3.63, 3.8) is 0 Å². The minimum atomic E-state index is -3.80. The molecule has 3 aromatic rings. The number of nitrogens with one attached hydrogen (secondary N) is 2. The molecule has 0 fully saturated rings. The highest BCUT2D eigenvalue weighted by Gasteiger charge is 2.19. The monoisotopic (exact) mass is 543 g/mol. The van der Waals surface area contributed by atoms with Crippen molar-refractivity contribution >= 4 is 43.0 Å². The summed E-state index contributed by atoms with van der Waals surface area (Å²) in [5.74, 6) is -0.294. The van der Waals surface area contributed by atoms with Gasteiger partial charge in [0.25, 0.3) is 10.0 Å². The van der Waals surface area contributed by atoms with Crippen molar-refractivity contribution in [3.8, 4) is 0 Å². The van der Waals surface area contributed by atoms with Gasteiger partial charge in [0.2, 0.25) is 15.9 Å². The first-order valence-corrected chi connectivity index (χ1v) is 15.1. The second-order valence-electron chi connectivity index (χ2n) is 9.15. The number of anilines is 3. The molecule has 8 nitrogen and oxygen atoms in total. The van der Waals surface area contributed by atoms with E-state index in [-0.39, 0.29) is 23.8 Å². The van der Waals surface area contributed by atoms with E-state index < -0.39 is 20.0 Å². The molecule has 0 aliphatic heterocycles. The third kappa shape index (κ3) is 7.33. The SMILES string of the molecule is Cc1ccc(N(CCCC(=O)Nc2ccc(S(=O)(=O)Nc3c(C)cccc3C)cc2)S(C)(=O)=O)cc1C. The second-order valence-corrected chi connectivity index (χ2v) is 12.7. The van der Waals surface area contributed by atoms with Crippen molar-refractivity contribution in [1.82, 2.24) is 0 Å². The van der Waals surface area contributed by atoms with Crippen LogP contribution in [0.15, 0.2) is 65.6 Å². The van der Waals surface area contributed by atoms with Crippen molar-refractivity contribution < 1.29 is 21.6 Å². The largest absolute Gasteiger partial charge is 0.326 e. The van der Waals surface area contributed by atoms with E-state index in [0.717, 1.165) is 28.5 Å². The van der Waals surface area contributed by atoms with Crippen molar-refractivity contribution in [2.45, 2.75) is 45.4 Å². The first kappa shape index (κ1) is 28.2. The molecule has 10 heteroatoms. The van der Waals surface area contributed by atoms with Crippen LogP contribution in [0.1, 0.15) is 35.1 Å². The third-order valence-electron chi connectivity index (χ3n) is 6.11. The van der Waals surface area contributed by atoms with Crippen LogP contribution >= 0.6 is 0 Å². The van der Waals surface area contributed by atoms with Gasteiger partial charge in [0.1, 0.15) is 0 Å². The van der Waals surface area contributed by atoms with Crippen LogP contribution in [0.5, 0.6) is 0 Å². The summed E-state index contributed by atoms with van der Waals surface area (Å²) in [4.78, 5) is 12.5. The molecule has 0 aromatic heterocycles. The number of rotatable bonds is 10. The van der Waals surface area contributed by atoms with Gasteiger partial charge in [-0.1, -0.05) is 24.3 Å². The highest BCUT2D eigenvalue weighted by molar-refractivity contribution is 7.92. The number of carbonyl (C=O) groups is 1. The van der Waals surface area contributed by atoms with Crippen LogP contribution < -0.4 is 14.3 Å². The summed E-state index contributed by atoms with van der Waals surface area (Å²) in [7, 11) is -7.31. The minimum Gasteiger partial charge on any atom is -0.326 e. The molecule has 0 saturated heterocycles. The Labute approximate surface area is 219 Å². The molecule has 0 heterocycles. The summed E-state index contributed by atoms with van der Waals surface area (Å²) in [6.45, 7) is 7.71. The highest BCUT2D eigenvalue weighted by atomic mass is 32.2. The molecule has 3 rings (SSSR count). The fraction of sp³-hybridized carbons (Fsp3) is 0.296. The number of hydrogen-bond acceptors (Lipinski definition) is 5. The molecule has 0 radical (unpaired) electrons. The second kappa shape index (κ2) is 11.4. The Kier molecular flexibility index (Phi) is 8.65. The summed E-state index contributed by atoms with van der Waals surface area (Å²) in [5, 5.41) is 2.74. The normalized spacial score (nSPS) is 11.7. The molecule has 0 aliphatic carbocycles. The summed E-state index contributed by atoms with van der Waals surface area (Å²) >= 11 is 0. The third-order valence-corrected chi connectivity index (χ3v) is 8.67. The highest BCUT2D eigenvalue weighted by Crippen LogP contribution is 2.25. The van der Waals surface area contributed by atoms with Crippen LogP contribution in [-0.4, -0.2) is 35.5 Å². The molecular weight excluding hydrogens is 510 g/mol. The van der Waals surface area contributed by atoms with Gasteiger partial charge in [0.15, 0.2) is 0 Å². The maximum atomic E-state index is 12.8. The predicted molar refractivity (Wildman–Crippen MR) is 149 cm³/mol. The number of para-hydroxylation sites is 1. The van der Waals surface area contributed by atoms with Gasteiger partial charge < -0.3 is 5.32 Å². The Morgan fingerprint density at radius 1 is 0.811 bits per heavy atom. The zero-order valence-electron chi connectivity index (χ0n) is 21.7. The Bertz CT molecular complexity index is 1480. The van der Waals surface area contributed by atoms with Gasteiger partial charge in [-0.3, -0.25) is 13.8 Å². The Morgan fingerprint density at radius 2 is 1.43 bits per heavy atom. The first-order chi connectivity index (χ1) is 17.3. The van der Waals surface area contributed by atoms with Gasteiger partial charge >= 0.3 is 0 Å². The lowest BCUT2D eigenvalue weighted by Crippen LogP contribution is -2.31. The molecule has 1 amide bonds. The van der Waals surface area contributed by atoms with Crippen LogP contribution in [0.3, 0.4) is 0 Å². The zero-order valence-corrected chi connectivity index (χ0v) is 23.3. The number of amides is 1. The first-order valence-electron chi connectivity index (χ1n) is 11.8. The van der Waals surface area contributed by atoms with Crippen LogP contribution in [0.25, 0.3) is 0 Å². The molecular formula is C27H33N3O5S2. The van der Waals surface area contributed by atoms with Gasteiger partial charge in [0.05, 0.1) is 22.5 Å². The van der Waals surface area contributed by atoms with Gasteiger partial charge in [-0.15, -0.1) is 0 Å². The molecule has 0 aliphatic rings. The molecule has 0 saturated carbocycles. The standard InChI is InChI=1S/C27H33N3O5S2/c1-19-11-14-24(18-22(19)4)30(36(5,32)33)17-7-10-26(31)28-23-12-15-25(16-13-23)37(34,35)29-27-20(2)8-6-9-21(27)3/h6,8-9,11-16,18,29H,7,10,17H2,1-5H3,(H,28,31). The Hall–Kier alpha value is -3.37. The van der Waals surface area contributed by atoms with E-state index in [1.165, 1.54) is 28.6 Å². The lowest BCUT2D eigenvalue weighted by molar-refractivity contribution is -0.116. The smallest absolute Gasteiger partial charge is 0.261 e. The van der Waals surface area contributed by atoms with E-state index in [9.17, 15) is 21.6 Å². The van der Waals surface area contributed by atoms with Crippen LogP contribution in [0.4, 0.5) is 17.1 Å². The van der Waals surface area contributed by atoms with Crippen LogP contribution in [0.2, 0.25) is 0 Å². The van der Waals surface area contributed by atoms with E-state index >= 15 is 0 Å². The minimum absolute atomic E-state index is 0.0744. The number of benzene rings is 3. The van der Waals surface area contributed by atoms with Gasteiger partial charge in [-0.05, 0) is 92.8 Å². The number of sulfonamides is 2. The number of hydrogen-bond donors (Lipinski definition) is 2. The Morgan fingerprint density at radius 3 is 2.00 bits per heavy atom. The number of aryl methyl sites for hydroxylation is 4. The average Bonchev–Trinajstić information content (AvgIpc) is 2.81. The van der Waals surface area contributed by atoms with E-state index in [2.05, 4.69) is 10.0 Å². The van der Waals surface area contributed by atoms with Crippen LogP contribution in [0, 0.1) is 27.7 Å². The van der Waals surface area contributed by atoms with Crippen LogP contribution in [-0.2, 0) is 24.8 Å². The summed E-state index contributed by atoms with van der Waals surface area (Å²) < 4.78 is 54.3. The molecule has 0 atom stereocenters. The van der Waals surface area contributed by atoms with Gasteiger partial charge in [0, 0.05) is 18.7 Å². The van der Waals surface area contributed by atoms with E-state index in [1.54, 1.807) is 6.07 Å².